The number of anilines is 1. The van der Waals surface area contributed by atoms with E-state index in [9.17, 15) is 14.4 Å². The topological polar surface area (TPSA) is 79.0 Å². The maximum absolute atomic E-state index is 12.3. The van der Waals surface area contributed by atoms with E-state index in [1.54, 1.807) is 34.1 Å². The van der Waals surface area contributed by atoms with E-state index in [4.69, 9.17) is 16.3 Å². The summed E-state index contributed by atoms with van der Waals surface area (Å²) in [5.74, 6) is -0.676. The van der Waals surface area contributed by atoms with Crippen LogP contribution in [0.4, 0.5) is 10.5 Å². The van der Waals surface area contributed by atoms with Gasteiger partial charge in [0.15, 0.2) is 0 Å². The van der Waals surface area contributed by atoms with Crippen molar-refractivity contribution in [3.63, 3.8) is 0 Å². The Bertz CT molecular complexity index is 682. The van der Waals surface area contributed by atoms with Gasteiger partial charge in [0, 0.05) is 43.3 Å². The molecule has 0 aliphatic carbocycles. The van der Waals surface area contributed by atoms with Gasteiger partial charge in [0.05, 0.1) is 12.5 Å². The van der Waals surface area contributed by atoms with E-state index in [0.29, 0.717) is 43.5 Å². The zero-order chi connectivity index (χ0) is 17.8. The van der Waals surface area contributed by atoms with Gasteiger partial charge in [-0.05, 0) is 24.6 Å². The number of rotatable bonds is 5. The molecule has 3 amide bonds. The molecule has 0 aromatic heterocycles. The van der Waals surface area contributed by atoms with Gasteiger partial charge in [0.1, 0.15) is 0 Å². The van der Waals surface area contributed by atoms with Crippen LogP contribution >= 0.6 is 11.6 Å². The fraction of sp³-hybridized carbons (Fsp3) is 0.471. The molecular weight excluding hydrogens is 346 g/mol. The largest absolute Gasteiger partial charge is 0.449 e. The Balaban J connectivity index is 1.50. The molecule has 3 rings (SSSR count). The number of nitrogens with one attached hydrogen (secondary N) is 1. The Kier molecular flexibility index (Phi) is 5.43. The summed E-state index contributed by atoms with van der Waals surface area (Å²) in [6.07, 6.45) is 0.624. The third-order valence-corrected chi connectivity index (χ3v) is 4.59. The van der Waals surface area contributed by atoms with E-state index in [2.05, 4.69) is 5.32 Å². The number of cyclic esters (lactones) is 1. The SMILES string of the molecule is O=C(NCCN1CCCOC1=O)[C@H]1CC(=O)N(c2cccc(Cl)c2)C1. The molecule has 0 radical (unpaired) electrons. The van der Waals surface area contributed by atoms with Gasteiger partial charge < -0.3 is 19.9 Å². The Morgan fingerprint density at radius 1 is 1.36 bits per heavy atom. The van der Waals surface area contributed by atoms with Gasteiger partial charge in [0.25, 0.3) is 0 Å². The van der Waals surface area contributed by atoms with Crippen molar-refractivity contribution < 1.29 is 19.1 Å². The molecule has 1 N–H and O–H groups in total. The summed E-state index contributed by atoms with van der Waals surface area (Å²) in [6.45, 7) is 2.17. The summed E-state index contributed by atoms with van der Waals surface area (Å²) >= 11 is 5.96. The van der Waals surface area contributed by atoms with E-state index in [-0.39, 0.29) is 24.3 Å². The number of ether oxygens (including phenoxy) is 1. The maximum Gasteiger partial charge on any atom is 0.409 e. The molecule has 1 atom stereocenters. The van der Waals surface area contributed by atoms with Crippen LogP contribution in [-0.2, 0) is 14.3 Å². The number of amides is 3. The Labute approximate surface area is 150 Å². The first kappa shape index (κ1) is 17.5. The molecular formula is C17H20ClN3O4. The second-order valence-electron chi connectivity index (χ2n) is 6.13. The Hall–Kier alpha value is -2.28. The highest BCUT2D eigenvalue weighted by Crippen LogP contribution is 2.27. The molecule has 0 unspecified atom stereocenters. The molecule has 0 saturated carbocycles. The van der Waals surface area contributed by atoms with E-state index in [0.717, 1.165) is 6.42 Å². The van der Waals surface area contributed by atoms with Gasteiger partial charge in [-0.2, -0.15) is 0 Å². The molecule has 2 saturated heterocycles. The lowest BCUT2D eigenvalue weighted by Gasteiger charge is -2.26. The third-order valence-electron chi connectivity index (χ3n) is 4.35. The van der Waals surface area contributed by atoms with Crippen molar-refractivity contribution in [2.45, 2.75) is 12.8 Å². The summed E-state index contributed by atoms with van der Waals surface area (Å²) in [5, 5.41) is 3.35. The van der Waals surface area contributed by atoms with Crippen molar-refractivity contribution in [3.05, 3.63) is 29.3 Å². The van der Waals surface area contributed by atoms with Crippen molar-refractivity contribution in [2.75, 3.05) is 37.7 Å². The number of hydrogen-bond acceptors (Lipinski definition) is 4. The summed E-state index contributed by atoms with van der Waals surface area (Å²) < 4.78 is 4.95. The maximum atomic E-state index is 12.3. The highest BCUT2D eigenvalue weighted by atomic mass is 35.5. The smallest absolute Gasteiger partial charge is 0.409 e. The lowest BCUT2D eigenvalue weighted by atomic mass is 10.1. The van der Waals surface area contributed by atoms with Crippen LogP contribution < -0.4 is 10.2 Å². The van der Waals surface area contributed by atoms with Crippen molar-refractivity contribution in [3.8, 4) is 0 Å². The van der Waals surface area contributed by atoms with Crippen LogP contribution in [0.25, 0.3) is 0 Å². The minimum atomic E-state index is -0.403. The van der Waals surface area contributed by atoms with Crippen LogP contribution in [-0.4, -0.2) is 55.6 Å². The first-order valence-electron chi connectivity index (χ1n) is 8.30. The Morgan fingerprint density at radius 3 is 2.96 bits per heavy atom. The quantitative estimate of drug-likeness (QED) is 0.860. The highest BCUT2D eigenvalue weighted by molar-refractivity contribution is 6.31. The van der Waals surface area contributed by atoms with Gasteiger partial charge in [-0.25, -0.2) is 4.79 Å². The molecule has 2 fully saturated rings. The van der Waals surface area contributed by atoms with Crippen LogP contribution in [0.3, 0.4) is 0 Å². The number of hydrogen-bond donors (Lipinski definition) is 1. The van der Waals surface area contributed by atoms with Crippen molar-refractivity contribution in [1.82, 2.24) is 10.2 Å². The Morgan fingerprint density at radius 2 is 2.20 bits per heavy atom. The van der Waals surface area contributed by atoms with Gasteiger partial charge >= 0.3 is 6.09 Å². The van der Waals surface area contributed by atoms with Crippen molar-refractivity contribution >= 4 is 35.2 Å². The fourth-order valence-corrected chi connectivity index (χ4v) is 3.22. The monoisotopic (exact) mass is 365 g/mol. The number of carbonyl (C=O) groups excluding carboxylic acids is 3. The zero-order valence-corrected chi connectivity index (χ0v) is 14.5. The average molecular weight is 366 g/mol. The molecule has 0 spiro atoms. The molecule has 7 nitrogen and oxygen atoms in total. The second-order valence-corrected chi connectivity index (χ2v) is 6.57. The number of carbonyl (C=O) groups is 3. The minimum absolute atomic E-state index is 0.0953. The van der Waals surface area contributed by atoms with Gasteiger partial charge in [-0.15, -0.1) is 0 Å². The average Bonchev–Trinajstić information content (AvgIpc) is 2.98. The summed E-state index contributed by atoms with van der Waals surface area (Å²) in [4.78, 5) is 39.2. The second kappa shape index (κ2) is 7.74. The summed E-state index contributed by atoms with van der Waals surface area (Å²) in [7, 11) is 0. The first-order chi connectivity index (χ1) is 12.0. The molecule has 2 aliphatic rings. The van der Waals surface area contributed by atoms with Crippen LogP contribution in [0.15, 0.2) is 24.3 Å². The van der Waals surface area contributed by atoms with E-state index in [1.807, 2.05) is 0 Å². The molecule has 25 heavy (non-hydrogen) atoms. The molecule has 134 valence electrons. The number of halogens is 1. The van der Waals surface area contributed by atoms with Crippen molar-refractivity contribution in [2.24, 2.45) is 5.92 Å². The van der Waals surface area contributed by atoms with E-state index < -0.39 is 5.92 Å². The van der Waals surface area contributed by atoms with Crippen LogP contribution in [0, 0.1) is 5.92 Å². The normalized spacial score (nSPS) is 20.6. The zero-order valence-electron chi connectivity index (χ0n) is 13.7. The minimum Gasteiger partial charge on any atom is -0.449 e. The van der Waals surface area contributed by atoms with Crippen LogP contribution in [0.5, 0.6) is 0 Å². The standard InChI is InChI=1S/C17H20ClN3O4/c18-13-3-1-4-14(10-13)21-11-12(9-15(21)22)16(23)19-5-7-20-6-2-8-25-17(20)24/h1,3-4,10,12H,2,5-9,11H2,(H,19,23)/t12-/m0/s1. The molecule has 2 aliphatic heterocycles. The molecule has 0 bridgehead atoms. The molecule has 1 aromatic carbocycles. The molecule has 1 aromatic rings. The predicted molar refractivity (Wildman–Crippen MR) is 92.5 cm³/mol. The fourth-order valence-electron chi connectivity index (χ4n) is 3.04. The van der Waals surface area contributed by atoms with E-state index >= 15 is 0 Å². The number of benzene rings is 1. The van der Waals surface area contributed by atoms with Gasteiger partial charge in [-0.1, -0.05) is 17.7 Å². The van der Waals surface area contributed by atoms with Gasteiger partial charge in [-0.3, -0.25) is 9.59 Å². The van der Waals surface area contributed by atoms with Crippen LogP contribution in [0.2, 0.25) is 5.02 Å². The van der Waals surface area contributed by atoms with Crippen LogP contribution in [0.1, 0.15) is 12.8 Å². The number of nitrogens with zero attached hydrogens (tertiary/aromatic N) is 2. The van der Waals surface area contributed by atoms with E-state index in [1.165, 1.54) is 0 Å². The summed E-state index contributed by atoms with van der Waals surface area (Å²) in [6, 6.07) is 7.02. The highest BCUT2D eigenvalue weighted by Gasteiger charge is 2.35. The van der Waals surface area contributed by atoms with Crippen molar-refractivity contribution in [1.29, 1.82) is 0 Å². The molecule has 2 heterocycles. The lowest BCUT2D eigenvalue weighted by Crippen LogP contribution is -2.43. The van der Waals surface area contributed by atoms with Gasteiger partial charge in [0.2, 0.25) is 11.8 Å². The third kappa shape index (κ3) is 4.22. The molecule has 8 heteroatoms. The summed E-state index contributed by atoms with van der Waals surface area (Å²) in [5.41, 5.74) is 0.698. The first-order valence-corrected chi connectivity index (χ1v) is 8.68. The predicted octanol–water partition coefficient (Wildman–Crippen LogP) is 1.65. The lowest BCUT2D eigenvalue weighted by molar-refractivity contribution is -0.126.